The van der Waals surface area contributed by atoms with Gasteiger partial charge in [0.2, 0.25) is 0 Å². The van der Waals surface area contributed by atoms with Crippen LogP contribution in [-0.2, 0) is 17.8 Å². The minimum atomic E-state index is -1.11. The molecular weight excluding hydrogens is 252 g/mol. The Bertz CT molecular complexity index is 471. The van der Waals surface area contributed by atoms with Gasteiger partial charge in [0.1, 0.15) is 5.54 Å². The Kier molecular flexibility index (Phi) is 4.78. The standard InChI is InChI=1S/C16H24N2O2/c1-16(17,15(19)20)9-5-11-18-10-4-8-13-6-2-3-7-14(13)12-18/h2-3,6-7H,4-5,8-12,17H2,1H3,(H,19,20). The average Bonchev–Trinajstić information content (AvgIpc) is 2.60. The fourth-order valence-electron chi connectivity index (χ4n) is 2.74. The maximum absolute atomic E-state index is 11.0. The number of carboxylic acids is 1. The summed E-state index contributed by atoms with van der Waals surface area (Å²) in [5, 5.41) is 9.01. The number of fused-ring (bicyclic) bond motifs is 1. The minimum Gasteiger partial charge on any atom is -0.480 e. The monoisotopic (exact) mass is 276 g/mol. The molecule has 0 fully saturated rings. The summed E-state index contributed by atoms with van der Waals surface area (Å²) >= 11 is 0. The predicted molar refractivity (Wildman–Crippen MR) is 79.5 cm³/mol. The maximum atomic E-state index is 11.0. The van der Waals surface area contributed by atoms with E-state index >= 15 is 0 Å². The molecule has 1 atom stereocenters. The number of aliphatic carboxylic acids is 1. The van der Waals surface area contributed by atoms with Crippen LogP contribution in [0, 0.1) is 0 Å². The first-order chi connectivity index (χ1) is 9.49. The highest BCUT2D eigenvalue weighted by Gasteiger charge is 2.27. The van der Waals surface area contributed by atoms with Crippen molar-refractivity contribution in [3.63, 3.8) is 0 Å². The fraction of sp³-hybridized carbons (Fsp3) is 0.562. The number of aryl methyl sites for hydroxylation is 1. The summed E-state index contributed by atoms with van der Waals surface area (Å²) in [5.74, 6) is -0.918. The van der Waals surface area contributed by atoms with Gasteiger partial charge in [0.05, 0.1) is 0 Å². The summed E-state index contributed by atoms with van der Waals surface area (Å²) in [6.07, 6.45) is 3.63. The Morgan fingerprint density at radius 2 is 2.10 bits per heavy atom. The first-order valence-corrected chi connectivity index (χ1v) is 7.30. The van der Waals surface area contributed by atoms with Crippen molar-refractivity contribution in [2.45, 2.75) is 44.7 Å². The molecule has 1 aliphatic rings. The number of benzene rings is 1. The number of hydrogen-bond donors (Lipinski definition) is 2. The molecule has 0 radical (unpaired) electrons. The third-order valence-corrected chi connectivity index (χ3v) is 4.09. The van der Waals surface area contributed by atoms with E-state index in [2.05, 4.69) is 29.2 Å². The van der Waals surface area contributed by atoms with Gasteiger partial charge < -0.3 is 10.8 Å². The molecule has 2 rings (SSSR count). The molecule has 0 bridgehead atoms. The second kappa shape index (κ2) is 6.37. The van der Waals surface area contributed by atoms with E-state index in [4.69, 9.17) is 10.8 Å². The van der Waals surface area contributed by atoms with E-state index in [9.17, 15) is 4.79 Å². The molecule has 0 amide bonds. The summed E-state index contributed by atoms with van der Waals surface area (Å²) in [6.45, 7) is 4.54. The summed E-state index contributed by atoms with van der Waals surface area (Å²) < 4.78 is 0. The summed E-state index contributed by atoms with van der Waals surface area (Å²) in [7, 11) is 0. The molecule has 3 N–H and O–H groups in total. The van der Waals surface area contributed by atoms with Crippen molar-refractivity contribution in [2.24, 2.45) is 5.73 Å². The Hall–Kier alpha value is -1.39. The highest BCUT2D eigenvalue weighted by atomic mass is 16.4. The number of hydrogen-bond acceptors (Lipinski definition) is 3. The van der Waals surface area contributed by atoms with E-state index in [1.165, 1.54) is 11.1 Å². The van der Waals surface area contributed by atoms with Crippen molar-refractivity contribution in [1.29, 1.82) is 0 Å². The zero-order valence-corrected chi connectivity index (χ0v) is 12.1. The lowest BCUT2D eigenvalue weighted by molar-refractivity contribution is -0.142. The largest absolute Gasteiger partial charge is 0.480 e. The van der Waals surface area contributed by atoms with Gasteiger partial charge in [0.25, 0.3) is 0 Å². The van der Waals surface area contributed by atoms with Gasteiger partial charge in [-0.25, -0.2) is 0 Å². The van der Waals surface area contributed by atoms with E-state index in [1.807, 2.05) is 0 Å². The normalized spacial score (nSPS) is 18.9. The van der Waals surface area contributed by atoms with Gasteiger partial charge in [-0.15, -0.1) is 0 Å². The van der Waals surface area contributed by atoms with Crippen molar-refractivity contribution in [3.8, 4) is 0 Å². The third-order valence-electron chi connectivity index (χ3n) is 4.09. The highest BCUT2D eigenvalue weighted by molar-refractivity contribution is 5.77. The van der Waals surface area contributed by atoms with Crippen LogP contribution in [0.15, 0.2) is 24.3 Å². The van der Waals surface area contributed by atoms with Crippen molar-refractivity contribution < 1.29 is 9.90 Å². The van der Waals surface area contributed by atoms with Crippen molar-refractivity contribution in [1.82, 2.24) is 4.90 Å². The lowest BCUT2D eigenvalue weighted by Crippen LogP contribution is -2.45. The van der Waals surface area contributed by atoms with Crippen LogP contribution in [0.3, 0.4) is 0 Å². The molecule has 1 heterocycles. The molecule has 1 unspecified atom stereocenters. The number of nitrogens with two attached hydrogens (primary N) is 1. The van der Waals surface area contributed by atoms with Crippen molar-refractivity contribution in [2.75, 3.05) is 13.1 Å². The van der Waals surface area contributed by atoms with Crippen LogP contribution >= 0.6 is 0 Å². The SMILES string of the molecule is CC(N)(CCCN1CCCc2ccccc2C1)C(=O)O. The van der Waals surface area contributed by atoms with Crippen LogP contribution in [-0.4, -0.2) is 34.6 Å². The predicted octanol–water partition coefficient (Wildman–Crippen LogP) is 2.02. The fourth-order valence-corrected chi connectivity index (χ4v) is 2.74. The van der Waals surface area contributed by atoms with E-state index in [0.717, 1.165) is 38.9 Å². The smallest absolute Gasteiger partial charge is 0.323 e. The van der Waals surface area contributed by atoms with Crippen LogP contribution in [0.2, 0.25) is 0 Å². The van der Waals surface area contributed by atoms with Crippen molar-refractivity contribution in [3.05, 3.63) is 35.4 Å². The molecule has 0 saturated carbocycles. The number of carboxylic acid groups (broad SMARTS) is 1. The first-order valence-electron chi connectivity index (χ1n) is 7.30. The van der Waals surface area contributed by atoms with E-state index < -0.39 is 11.5 Å². The lowest BCUT2D eigenvalue weighted by Gasteiger charge is -2.23. The van der Waals surface area contributed by atoms with Crippen LogP contribution < -0.4 is 5.73 Å². The van der Waals surface area contributed by atoms with Gasteiger partial charge >= 0.3 is 5.97 Å². The van der Waals surface area contributed by atoms with Gasteiger partial charge in [0.15, 0.2) is 0 Å². The van der Waals surface area contributed by atoms with E-state index in [-0.39, 0.29) is 0 Å². The second-order valence-electron chi connectivity index (χ2n) is 5.97. The highest BCUT2D eigenvalue weighted by Crippen LogP contribution is 2.19. The molecular formula is C16H24N2O2. The second-order valence-corrected chi connectivity index (χ2v) is 5.97. The Morgan fingerprint density at radius 1 is 1.40 bits per heavy atom. The molecule has 0 aromatic heterocycles. The van der Waals surface area contributed by atoms with Crippen LogP contribution in [0.25, 0.3) is 0 Å². The molecule has 1 aromatic rings. The quantitative estimate of drug-likeness (QED) is 0.863. The maximum Gasteiger partial charge on any atom is 0.323 e. The summed E-state index contributed by atoms with van der Waals surface area (Å²) in [5.41, 5.74) is 7.51. The molecule has 4 nitrogen and oxygen atoms in total. The van der Waals surface area contributed by atoms with Crippen LogP contribution in [0.1, 0.15) is 37.3 Å². The third kappa shape index (κ3) is 3.81. The summed E-state index contributed by atoms with van der Waals surface area (Å²) in [4.78, 5) is 13.4. The van der Waals surface area contributed by atoms with Gasteiger partial charge in [-0.3, -0.25) is 9.69 Å². The zero-order chi connectivity index (χ0) is 14.6. The molecule has 20 heavy (non-hydrogen) atoms. The van der Waals surface area contributed by atoms with E-state index in [1.54, 1.807) is 6.92 Å². The minimum absolute atomic E-state index is 0.514. The summed E-state index contributed by atoms with van der Waals surface area (Å²) in [6, 6.07) is 8.59. The Balaban J connectivity index is 1.87. The van der Waals surface area contributed by atoms with Crippen LogP contribution in [0.4, 0.5) is 0 Å². The van der Waals surface area contributed by atoms with Gasteiger partial charge in [-0.2, -0.15) is 0 Å². The van der Waals surface area contributed by atoms with Crippen molar-refractivity contribution >= 4 is 5.97 Å². The molecule has 1 aliphatic heterocycles. The zero-order valence-electron chi connectivity index (χ0n) is 12.1. The Morgan fingerprint density at radius 3 is 2.80 bits per heavy atom. The molecule has 110 valence electrons. The molecule has 0 saturated heterocycles. The van der Waals surface area contributed by atoms with Gasteiger partial charge in [-0.05, 0) is 56.8 Å². The molecule has 1 aromatic carbocycles. The first kappa shape index (κ1) is 15.0. The lowest BCUT2D eigenvalue weighted by atomic mass is 9.97. The topological polar surface area (TPSA) is 66.6 Å². The average molecular weight is 276 g/mol. The van der Waals surface area contributed by atoms with Crippen LogP contribution in [0.5, 0.6) is 0 Å². The number of rotatable bonds is 5. The van der Waals surface area contributed by atoms with Gasteiger partial charge in [-0.1, -0.05) is 24.3 Å². The Labute approximate surface area is 120 Å². The molecule has 4 heteroatoms. The molecule has 0 aliphatic carbocycles. The van der Waals surface area contributed by atoms with E-state index in [0.29, 0.717) is 6.42 Å². The number of carbonyl (C=O) groups is 1. The number of nitrogens with zero attached hydrogens (tertiary/aromatic N) is 1. The van der Waals surface area contributed by atoms with Gasteiger partial charge in [0, 0.05) is 6.54 Å². The molecule has 0 spiro atoms.